The van der Waals surface area contributed by atoms with Crippen molar-refractivity contribution in [2.24, 2.45) is 0 Å². The molecule has 4 aromatic rings. The van der Waals surface area contributed by atoms with Gasteiger partial charge in [-0.1, -0.05) is 35.9 Å². The number of aryl methyl sites for hydroxylation is 1. The molecule has 34 heavy (non-hydrogen) atoms. The lowest BCUT2D eigenvalue weighted by molar-refractivity contribution is 0.482. The van der Waals surface area contributed by atoms with Crippen LogP contribution < -0.4 is 15.5 Å². The van der Waals surface area contributed by atoms with Crippen molar-refractivity contribution in [1.82, 2.24) is 15.3 Å². The van der Waals surface area contributed by atoms with Crippen LogP contribution in [0.1, 0.15) is 24.0 Å². The van der Waals surface area contributed by atoms with Crippen LogP contribution in [0.2, 0.25) is 0 Å². The number of benzene rings is 3. The van der Waals surface area contributed by atoms with Crippen molar-refractivity contribution in [3.63, 3.8) is 0 Å². The predicted molar refractivity (Wildman–Crippen MR) is 136 cm³/mol. The molecular formula is C28H26N6. The maximum atomic E-state index is 9.13. The number of rotatable bonds is 4. The van der Waals surface area contributed by atoms with Gasteiger partial charge >= 0.3 is 0 Å². The summed E-state index contributed by atoms with van der Waals surface area (Å²) in [5, 5.41) is 17.2. The van der Waals surface area contributed by atoms with Crippen molar-refractivity contribution in [3.05, 3.63) is 77.9 Å². The fourth-order valence-electron chi connectivity index (χ4n) is 5.17. The van der Waals surface area contributed by atoms with E-state index >= 15 is 0 Å². The van der Waals surface area contributed by atoms with Gasteiger partial charge in [-0.25, -0.2) is 4.98 Å². The van der Waals surface area contributed by atoms with E-state index in [1.54, 1.807) is 0 Å². The molecular weight excluding hydrogens is 420 g/mol. The molecule has 0 radical (unpaired) electrons. The standard InChI is InChI=1S/C28H26N6/c1-18-2-9-22(10-3-18)31-28-32-26-14-21(20-6-4-19(15-29)5-7-20)8-13-25(26)27(33-28)34-23-11-12-24(34)17-30-16-23/h2-10,13-14,23-24,30H,11-12,16-17H2,1H3,(H,31,32,33)/t23-,24+. The summed E-state index contributed by atoms with van der Waals surface area (Å²) in [5.74, 6) is 1.63. The molecule has 2 aliphatic heterocycles. The van der Waals surface area contributed by atoms with Gasteiger partial charge in [0.05, 0.1) is 17.1 Å². The maximum Gasteiger partial charge on any atom is 0.229 e. The highest BCUT2D eigenvalue weighted by Crippen LogP contribution is 2.37. The maximum absolute atomic E-state index is 9.13. The number of nitriles is 1. The van der Waals surface area contributed by atoms with E-state index < -0.39 is 0 Å². The van der Waals surface area contributed by atoms with Gasteiger partial charge in [-0.2, -0.15) is 10.2 Å². The van der Waals surface area contributed by atoms with Crippen LogP contribution in [0, 0.1) is 18.3 Å². The number of nitrogens with zero attached hydrogens (tertiary/aromatic N) is 4. The van der Waals surface area contributed by atoms with Gasteiger partial charge in [0.15, 0.2) is 0 Å². The van der Waals surface area contributed by atoms with Gasteiger partial charge in [0, 0.05) is 36.2 Å². The Bertz CT molecular complexity index is 1370. The van der Waals surface area contributed by atoms with Gasteiger partial charge in [0.25, 0.3) is 0 Å². The highest BCUT2D eigenvalue weighted by atomic mass is 15.3. The lowest BCUT2D eigenvalue weighted by Gasteiger charge is -2.37. The smallest absolute Gasteiger partial charge is 0.229 e. The number of hydrogen-bond donors (Lipinski definition) is 2. The fourth-order valence-corrected chi connectivity index (χ4v) is 5.17. The van der Waals surface area contributed by atoms with E-state index in [0.717, 1.165) is 46.6 Å². The molecule has 6 nitrogen and oxygen atoms in total. The second kappa shape index (κ2) is 8.44. The number of piperazine rings is 1. The van der Waals surface area contributed by atoms with Crippen LogP contribution in [-0.4, -0.2) is 35.1 Å². The van der Waals surface area contributed by atoms with Crippen molar-refractivity contribution in [3.8, 4) is 17.2 Å². The zero-order valence-electron chi connectivity index (χ0n) is 19.1. The van der Waals surface area contributed by atoms with Gasteiger partial charge in [0.2, 0.25) is 5.95 Å². The minimum Gasteiger partial charge on any atom is -0.347 e. The summed E-state index contributed by atoms with van der Waals surface area (Å²) in [6, 6.07) is 25.5. The Labute approximate surface area is 199 Å². The highest BCUT2D eigenvalue weighted by molar-refractivity contribution is 5.94. The molecule has 3 aromatic carbocycles. The Balaban J connectivity index is 1.47. The molecule has 2 aliphatic rings. The molecule has 0 aliphatic carbocycles. The van der Waals surface area contributed by atoms with E-state index in [4.69, 9.17) is 15.2 Å². The van der Waals surface area contributed by atoms with E-state index in [-0.39, 0.29) is 0 Å². The Morgan fingerprint density at radius 3 is 2.32 bits per heavy atom. The summed E-state index contributed by atoms with van der Waals surface area (Å²) in [7, 11) is 0. The molecule has 6 heteroatoms. The average molecular weight is 447 g/mol. The molecule has 1 aromatic heterocycles. The molecule has 2 fully saturated rings. The van der Waals surface area contributed by atoms with Crippen molar-refractivity contribution >= 4 is 28.4 Å². The van der Waals surface area contributed by atoms with Crippen molar-refractivity contribution in [2.45, 2.75) is 31.8 Å². The van der Waals surface area contributed by atoms with Gasteiger partial charge in [-0.05, 0) is 67.3 Å². The topological polar surface area (TPSA) is 76.9 Å². The third-order valence-corrected chi connectivity index (χ3v) is 6.96. The van der Waals surface area contributed by atoms with Crippen LogP contribution in [0.25, 0.3) is 22.0 Å². The quantitative estimate of drug-likeness (QED) is 0.451. The first-order chi connectivity index (χ1) is 16.7. The van der Waals surface area contributed by atoms with Crippen LogP contribution in [0.5, 0.6) is 0 Å². The summed E-state index contributed by atoms with van der Waals surface area (Å²) in [5.41, 5.74) is 5.91. The SMILES string of the molecule is Cc1ccc(Nc2nc(N3[C@@H]4CC[C@H]3CNC4)c3ccc(-c4ccc(C#N)cc4)cc3n2)cc1. The van der Waals surface area contributed by atoms with Gasteiger partial charge in [-0.3, -0.25) is 0 Å². The first-order valence-corrected chi connectivity index (χ1v) is 11.8. The van der Waals surface area contributed by atoms with Crippen LogP contribution >= 0.6 is 0 Å². The highest BCUT2D eigenvalue weighted by Gasteiger charge is 2.38. The first-order valence-electron chi connectivity index (χ1n) is 11.8. The Morgan fingerprint density at radius 2 is 1.62 bits per heavy atom. The second-order valence-electron chi connectivity index (χ2n) is 9.23. The molecule has 2 saturated heterocycles. The van der Waals surface area contributed by atoms with Gasteiger partial charge in [0.1, 0.15) is 5.82 Å². The van der Waals surface area contributed by atoms with E-state index in [1.807, 2.05) is 24.3 Å². The zero-order chi connectivity index (χ0) is 23.1. The Hall–Kier alpha value is -3.95. The van der Waals surface area contributed by atoms with Crippen molar-refractivity contribution in [1.29, 1.82) is 5.26 Å². The van der Waals surface area contributed by atoms with Crippen LogP contribution in [-0.2, 0) is 0 Å². The molecule has 0 amide bonds. The summed E-state index contributed by atoms with van der Waals surface area (Å²) in [6.07, 6.45) is 2.38. The summed E-state index contributed by atoms with van der Waals surface area (Å²) >= 11 is 0. The molecule has 0 spiro atoms. The molecule has 2 N–H and O–H groups in total. The molecule has 6 rings (SSSR count). The molecule has 168 valence electrons. The second-order valence-corrected chi connectivity index (χ2v) is 9.23. The Kier molecular flexibility index (Phi) is 5.12. The summed E-state index contributed by atoms with van der Waals surface area (Å²) < 4.78 is 0. The number of nitrogens with one attached hydrogen (secondary N) is 2. The van der Waals surface area contributed by atoms with E-state index in [1.165, 1.54) is 18.4 Å². The van der Waals surface area contributed by atoms with Crippen LogP contribution in [0.15, 0.2) is 66.7 Å². The molecule has 2 bridgehead atoms. The molecule has 3 heterocycles. The lowest BCUT2D eigenvalue weighted by atomic mass is 10.0. The van der Waals surface area contributed by atoms with E-state index in [2.05, 4.69) is 71.0 Å². The molecule has 2 atom stereocenters. The monoisotopic (exact) mass is 446 g/mol. The number of aromatic nitrogens is 2. The van der Waals surface area contributed by atoms with Crippen LogP contribution in [0.3, 0.4) is 0 Å². The number of hydrogen-bond acceptors (Lipinski definition) is 6. The van der Waals surface area contributed by atoms with Crippen LogP contribution in [0.4, 0.5) is 17.5 Å². The largest absolute Gasteiger partial charge is 0.347 e. The summed E-state index contributed by atoms with van der Waals surface area (Å²) in [6.45, 7) is 4.07. The van der Waals surface area contributed by atoms with Crippen molar-refractivity contribution < 1.29 is 0 Å². The zero-order valence-corrected chi connectivity index (χ0v) is 19.1. The normalized spacial score (nSPS) is 19.2. The minimum atomic E-state index is 0.460. The average Bonchev–Trinajstić information content (AvgIpc) is 3.12. The number of fused-ring (bicyclic) bond motifs is 3. The van der Waals surface area contributed by atoms with Crippen molar-refractivity contribution in [2.75, 3.05) is 23.3 Å². The molecule has 0 unspecified atom stereocenters. The Morgan fingerprint density at radius 1 is 0.912 bits per heavy atom. The lowest BCUT2D eigenvalue weighted by Crippen LogP contribution is -2.52. The van der Waals surface area contributed by atoms with E-state index in [0.29, 0.717) is 23.6 Å². The van der Waals surface area contributed by atoms with Gasteiger partial charge < -0.3 is 15.5 Å². The van der Waals surface area contributed by atoms with E-state index in [9.17, 15) is 0 Å². The molecule has 0 saturated carbocycles. The van der Waals surface area contributed by atoms with Gasteiger partial charge in [-0.15, -0.1) is 0 Å². The predicted octanol–water partition coefficient (Wildman–Crippen LogP) is 5.16. The third-order valence-electron chi connectivity index (χ3n) is 6.96. The first kappa shape index (κ1) is 20.6. The fraction of sp³-hybridized carbons (Fsp3) is 0.250. The summed E-state index contributed by atoms with van der Waals surface area (Å²) in [4.78, 5) is 12.5. The third kappa shape index (κ3) is 3.74. The minimum absolute atomic E-state index is 0.460. The number of anilines is 3.